The lowest BCUT2D eigenvalue weighted by Crippen LogP contribution is -2.51. The van der Waals surface area contributed by atoms with Gasteiger partial charge in [0, 0.05) is 12.6 Å². The van der Waals surface area contributed by atoms with Crippen molar-refractivity contribution in [1.82, 2.24) is 5.32 Å². The van der Waals surface area contributed by atoms with Crippen molar-refractivity contribution in [3.8, 4) is 0 Å². The number of amides is 1. The standard InChI is InChI=1S/C17H30N2O/c1-12(15-10-13-5-6-14(15)9-13)19-16(20)17(11-18)7-3-2-4-8-17/h12-15H,2-11,18H2,1H3,(H,19,20). The molecule has 0 aromatic rings. The van der Waals surface area contributed by atoms with E-state index in [2.05, 4.69) is 12.2 Å². The number of fused-ring (bicyclic) bond motifs is 2. The summed E-state index contributed by atoms with van der Waals surface area (Å²) in [6.07, 6.45) is 11.1. The Morgan fingerprint density at radius 2 is 2.00 bits per heavy atom. The lowest BCUT2D eigenvalue weighted by atomic mass is 9.73. The number of hydrogen-bond donors (Lipinski definition) is 2. The third-order valence-corrected chi connectivity index (χ3v) is 6.48. The van der Waals surface area contributed by atoms with Crippen LogP contribution in [0.2, 0.25) is 0 Å². The van der Waals surface area contributed by atoms with Crippen LogP contribution in [0, 0.1) is 23.2 Å². The van der Waals surface area contributed by atoms with Crippen molar-refractivity contribution < 1.29 is 4.79 Å². The van der Waals surface area contributed by atoms with Gasteiger partial charge in [0.05, 0.1) is 5.41 Å². The Morgan fingerprint density at radius 1 is 1.25 bits per heavy atom. The number of rotatable bonds is 4. The van der Waals surface area contributed by atoms with Crippen molar-refractivity contribution in [2.45, 2.75) is 70.8 Å². The number of carbonyl (C=O) groups excluding carboxylic acids is 1. The molecule has 0 spiro atoms. The summed E-state index contributed by atoms with van der Waals surface area (Å²) in [6, 6.07) is 0.336. The van der Waals surface area contributed by atoms with Gasteiger partial charge in [-0.25, -0.2) is 0 Å². The number of carbonyl (C=O) groups is 1. The molecule has 0 radical (unpaired) electrons. The minimum atomic E-state index is -0.260. The van der Waals surface area contributed by atoms with Crippen molar-refractivity contribution >= 4 is 5.91 Å². The minimum absolute atomic E-state index is 0.245. The predicted octanol–water partition coefficient (Wildman–Crippen LogP) is 2.84. The number of hydrogen-bond acceptors (Lipinski definition) is 2. The molecule has 3 rings (SSSR count). The largest absolute Gasteiger partial charge is 0.353 e. The second-order valence-corrected chi connectivity index (χ2v) is 7.65. The number of nitrogens with one attached hydrogen (secondary N) is 1. The van der Waals surface area contributed by atoms with Crippen molar-refractivity contribution in [3.05, 3.63) is 0 Å². The van der Waals surface area contributed by atoms with Crippen molar-refractivity contribution in [1.29, 1.82) is 0 Å². The molecule has 4 unspecified atom stereocenters. The Balaban J connectivity index is 1.60. The highest BCUT2D eigenvalue weighted by Crippen LogP contribution is 2.49. The molecule has 3 saturated carbocycles. The molecule has 0 saturated heterocycles. The molecular formula is C17H30N2O. The average Bonchev–Trinajstić information content (AvgIpc) is 3.10. The summed E-state index contributed by atoms with van der Waals surface area (Å²) in [5.74, 6) is 2.78. The third kappa shape index (κ3) is 2.49. The van der Waals surface area contributed by atoms with Gasteiger partial charge in [0.1, 0.15) is 0 Å². The summed E-state index contributed by atoms with van der Waals surface area (Å²) in [7, 11) is 0. The average molecular weight is 278 g/mol. The Labute approximate surface area is 123 Å². The van der Waals surface area contributed by atoms with Crippen LogP contribution >= 0.6 is 0 Å². The normalized spacial score (nSPS) is 36.8. The van der Waals surface area contributed by atoms with E-state index >= 15 is 0 Å². The van der Waals surface area contributed by atoms with Crippen LogP contribution < -0.4 is 11.1 Å². The van der Waals surface area contributed by atoms with E-state index in [-0.39, 0.29) is 11.3 Å². The quantitative estimate of drug-likeness (QED) is 0.831. The van der Waals surface area contributed by atoms with E-state index in [0.29, 0.717) is 12.6 Å². The number of nitrogens with two attached hydrogens (primary N) is 1. The molecule has 0 aliphatic heterocycles. The third-order valence-electron chi connectivity index (χ3n) is 6.48. The van der Waals surface area contributed by atoms with Crippen LogP contribution in [-0.2, 0) is 4.79 Å². The zero-order chi connectivity index (χ0) is 14.2. The predicted molar refractivity (Wildman–Crippen MR) is 81.1 cm³/mol. The van der Waals surface area contributed by atoms with Crippen LogP contribution in [0.1, 0.15) is 64.7 Å². The Morgan fingerprint density at radius 3 is 2.55 bits per heavy atom. The maximum atomic E-state index is 12.7. The maximum Gasteiger partial charge on any atom is 0.227 e. The van der Waals surface area contributed by atoms with E-state index in [0.717, 1.165) is 43.4 Å². The summed E-state index contributed by atoms with van der Waals surface area (Å²) < 4.78 is 0. The highest BCUT2D eigenvalue weighted by atomic mass is 16.2. The van der Waals surface area contributed by atoms with E-state index in [1.807, 2.05) is 0 Å². The molecule has 0 heterocycles. The molecule has 0 aromatic carbocycles. The van der Waals surface area contributed by atoms with E-state index in [4.69, 9.17) is 5.73 Å². The van der Waals surface area contributed by atoms with Gasteiger partial charge < -0.3 is 11.1 Å². The fourth-order valence-electron chi connectivity index (χ4n) is 5.13. The first-order chi connectivity index (χ1) is 9.64. The first-order valence-corrected chi connectivity index (χ1v) is 8.66. The summed E-state index contributed by atoms with van der Waals surface area (Å²) in [6.45, 7) is 2.73. The van der Waals surface area contributed by atoms with E-state index in [1.165, 1.54) is 32.1 Å². The van der Waals surface area contributed by atoms with Gasteiger partial charge in [-0.2, -0.15) is 0 Å². The molecule has 0 aromatic heterocycles. The SMILES string of the molecule is CC(NC(=O)C1(CN)CCCCC1)C1CC2CCC1C2. The van der Waals surface area contributed by atoms with Gasteiger partial charge in [0.15, 0.2) is 0 Å². The molecule has 4 atom stereocenters. The highest BCUT2D eigenvalue weighted by Gasteiger charge is 2.44. The summed E-state index contributed by atoms with van der Waals surface area (Å²) in [5, 5.41) is 3.35. The van der Waals surface area contributed by atoms with Crippen LogP contribution in [0.5, 0.6) is 0 Å². The summed E-state index contributed by atoms with van der Waals surface area (Å²) >= 11 is 0. The lowest BCUT2D eigenvalue weighted by molar-refractivity contribution is -0.133. The molecule has 2 bridgehead atoms. The molecule has 3 fully saturated rings. The van der Waals surface area contributed by atoms with Gasteiger partial charge in [-0.3, -0.25) is 4.79 Å². The van der Waals surface area contributed by atoms with Crippen LogP contribution in [0.4, 0.5) is 0 Å². The molecule has 114 valence electrons. The molecule has 3 N–H and O–H groups in total. The molecule has 3 aliphatic rings. The van der Waals surface area contributed by atoms with Crippen molar-refractivity contribution in [2.24, 2.45) is 28.9 Å². The molecule has 3 aliphatic carbocycles. The molecule has 3 nitrogen and oxygen atoms in total. The summed E-state index contributed by atoms with van der Waals surface area (Å²) in [5.41, 5.74) is 5.71. The van der Waals surface area contributed by atoms with E-state index in [1.54, 1.807) is 0 Å². The lowest BCUT2D eigenvalue weighted by Gasteiger charge is -2.37. The first-order valence-electron chi connectivity index (χ1n) is 8.66. The van der Waals surface area contributed by atoms with Crippen molar-refractivity contribution in [2.75, 3.05) is 6.54 Å². The maximum absolute atomic E-state index is 12.7. The molecule has 3 heteroatoms. The van der Waals surface area contributed by atoms with Crippen LogP contribution in [0.3, 0.4) is 0 Å². The highest BCUT2D eigenvalue weighted by molar-refractivity contribution is 5.83. The summed E-state index contributed by atoms with van der Waals surface area (Å²) in [4.78, 5) is 12.7. The fourth-order valence-corrected chi connectivity index (χ4v) is 5.13. The second-order valence-electron chi connectivity index (χ2n) is 7.65. The zero-order valence-electron chi connectivity index (χ0n) is 12.9. The van der Waals surface area contributed by atoms with Gasteiger partial charge in [0.2, 0.25) is 5.91 Å². The topological polar surface area (TPSA) is 55.1 Å². The molecular weight excluding hydrogens is 248 g/mol. The van der Waals surface area contributed by atoms with E-state index < -0.39 is 0 Å². The molecule has 20 heavy (non-hydrogen) atoms. The molecule has 1 amide bonds. The first kappa shape index (κ1) is 14.4. The van der Waals surface area contributed by atoms with Gasteiger partial charge >= 0.3 is 0 Å². The fraction of sp³-hybridized carbons (Fsp3) is 0.941. The van der Waals surface area contributed by atoms with Crippen molar-refractivity contribution in [3.63, 3.8) is 0 Å². The Hall–Kier alpha value is -0.570. The smallest absolute Gasteiger partial charge is 0.227 e. The van der Waals surface area contributed by atoms with Gasteiger partial charge in [-0.15, -0.1) is 0 Å². The Bertz CT molecular complexity index is 362. The monoisotopic (exact) mass is 278 g/mol. The Kier molecular flexibility index (Phi) is 4.07. The zero-order valence-corrected chi connectivity index (χ0v) is 12.9. The van der Waals surface area contributed by atoms with Gasteiger partial charge in [-0.05, 0) is 56.8 Å². The minimum Gasteiger partial charge on any atom is -0.353 e. The van der Waals surface area contributed by atoms with Crippen LogP contribution in [0.15, 0.2) is 0 Å². The second kappa shape index (κ2) is 5.67. The van der Waals surface area contributed by atoms with Gasteiger partial charge in [0.25, 0.3) is 0 Å². The van der Waals surface area contributed by atoms with E-state index in [9.17, 15) is 4.79 Å². The van der Waals surface area contributed by atoms with Crippen LogP contribution in [0.25, 0.3) is 0 Å². The van der Waals surface area contributed by atoms with Gasteiger partial charge in [-0.1, -0.05) is 25.7 Å². The van der Waals surface area contributed by atoms with Crippen LogP contribution in [-0.4, -0.2) is 18.5 Å².